The van der Waals surface area contributed by atoms with Crippen LogP contribution in [0.1, 0.15) is 44.4 Å². The summed E-state index contributed by atoms with van der Waals surface area (Å²) >= 11 is 3.68. The van der Waals surface area contributed by atoms with Crippen LogP contribution in [0.5, 0.6) is 0 Å². The van der Waals surface area contributed by atoms with E-state index in [4.69, 9.17) is 0 Å². The molecule has 0 saturated heterocycles. The van der Waals surface area contributed by atoms with Gasteiger partial charge in [0, 0.05) is 15.6 Å². The summed E-state index contributed by atoms with van der Waals surface area (Å²) in [5.74, 6) is 0. The van der Waals surface area contributed by atoms with Gasteiger partial charge in [0.1, 0.15) is 8.96 Å². The van der Waals surface area contributed by atoms with E-state index in [0.29, 0.717) is 5.54 Å². The van der Waals surface area contributed by atoms with Gasteiger partial charge in [0.2, 0.25) is 0 Å². The Morgan fingerprint density at radius 2 is 1.89 bits per heavy atom. The number of allylic oxidation sites excluding steroid dienone is 1. The first-order chi connectivity index (χ1) is 8.73. The van der Waals surface area contributed by atoms with Crippen LogP contribution < -0.4 is 0 Å². The highest BCUT2D eigenvalue weighted by atomic mass is 79.9. The third kappa shape index (κ3) is 2.74. The molecule has 0 amide bonds. The zero-order valence-corrected chi connectivity index (χ0v) is 15.3. The molecule has 2 rings (SSSR count). The van der Waals surface area contributed by atoms with Gasteiger partial charge < -0.3 is 4.57 Å². The van der Waals surface area contributed by atoms with Crippen LogP contribution in [0.4, 0.5) is 0 Å². The van der Waals surface area contributed by atoms with Gasteiger partial charge in [-0.15, -0.1) is 0 Å². The monoisotopic (exact) mass is 336 g/mol. The summed E-state index contributed by atoms with van der Waals surface area (Å²) in [6.07, 6.45) is 2.36. The second-order valence-electron chi connectivity index (χ2n) is 6.44. The Hall–Kier alpha value is -0.383. The second kappa shape index (κ2) is 5.19. The highest BCUT2D eigenvalue weighted by Crippen LogP contribution is 2.41. The number of hydrogen-bond acceptors (Lipinski definition) is 1. The largest absolute Gasteiger partial charge is 0.322 e. The molecular formula is C16H23BrNSi. The molecule has 0 N–H and O–H groups in total. The zero-order chi connectivity index (χ0) is 14.4. The smallest absolute Gasteiger partial charge is 0.145 e. The summed E-state index contributed by atoms with van der Waals surface area (Å²) in [6, 6.07) is 6.59. The van der Waals surface area contributed by atoms with Gasteiger partial charge in [-0.25, -0.2) is 0 Å². The minimum absolute atomic E-state index is 0.234. The molecule has 1 radical (unpaired) electrons. The molecule has 1 aliphatic rings. The van der Waals surface area contributed by atoms with Crippen molar-refractivity contribution in [2.45, 2.75) is 45.3 Å². The average Bonchev–Trinajstić information content (AvgIpc) is 2.64. The summed E-state index contributed by atoms with van der Waals surface area (Å²) in [4.78, 5) is 0. The van der Waals surface area contributed by atoms with E-state index < -0.39 is 8.96 Å². The SMILES string of the molecule is CC1=Cc2c(Br)cccc2C1[Si](C)N(C)C(C)(C)C. The van der Waals surface area contributed by atoms with Crippen molar-refractivity contribution in [1.82, 2.24) is 4.57 Å². The van der Waals surface area contributed by atoms with Gasteiger partial charge in [-0.3, -0.25) is 0 Å². The van der Waals surface area contributed by atoms with E-state index in [2.05, 4.69) is 86.1 Å². The number of rotatable bonds is 2. The van der Waals surface area contributed by atoms with Gasteiger partial charge >= 0.3 is 0 Å². The van der Waals surface area contributed by atoms with Crippen LogP contribution in [0.3, 0.4) is 0 Å². The van der Waals surface area contributed by atoms with Gasteiger partial charge in [0.15, 0.2) is 0 Å². The van der Waals surface area contributed by atoms with E-state index in [1.807, 2.05) is 0 Å². The molecule has 1 aliphatic carbocycles. The van der Waals surface area contributed by atoms with Gasteiger partial charge in [-0.05, 0) is 51.9 Å². The molecular weight excluding hydrogens is 314 g/mol. The molecule has 0 aliphatic heterocycles. The van der Waals surface area contributed by atoms with Gasteiger partial charge in [-0.2, -0.15) is 0 Å². The van der Waals surface area contributed by atoms with E-state index in [0.717, 1.165) is 0 Å². The number of hydrogen-bond donors (Lipinski definition) is 0. The number of nitrogens with zero attached hydrogens (tertiary/aromatic N) is 1. The molecule has 0 aromatic heterocycles. The molecule has 1 nitrogen and oxygen atoms in total. The van der Waals surface area contributed by atoms with Crippen LogP contribution >= 0.6 is 15.9 Å². The highest BCUT2D eigenvalue weighted by molar-refractivity contribution is 9.10. The Labute approximate surface area is 127 Å². The molecule has 0 heterocycles. The fraction of sp³-hybridized carbons (Fsp3) is 0.500. The Morgan fingerprint density at radius 3 is 2.47 bits per heavy atom. The molecule has 1 atom stereocenters. The number of halogens is 1. The van der Waals surface area contributed by atoms with E-state index in [1.54, 1.807) is 0 Å². The zero-order valence-electron chi connectivity index (χ0n) is 12.7. The molecule has 0 fully saturated rings. The average molecular weight is 337 g/mol. The lowest BCUT2D eigenvalue weighted by Gasteiger charge is -2.39. The van der Waals surface area contributed by atoms with Gasteiger partial charge in [-0.1, -0.05) is 46.3 Å². The number of fused-ring (bicyclic) bond motifs is 1. The van der Waals surface area contributed by atoms with E-state index in [-0.39, 0.29) is 5.54 Å². The molecule has 0 spiro atoms. The van der Waals surface area contributed by atoms with Crippen molar-refractivity contribution < 1.29 is 0 Å². The summed E-state index contributed by atoms with van der Waals surface area (Å²) in [5, 5.41) is 0. The van der Waals surface area contributed by atoms with Crippen molar-refractivity contribution in [2.24, 2.45) is 0 Å². The predicted octanol–water partition coefficient (Wildman–Crippen LogP) is 4.84. The molecule has 0 bridgehead atoms. The van der Waals surface area contributed by atoms with Crippen molar-refractivity contribution in [2.75, 3.05) is 7.05 Å². The van der Waals surface area contributed by atoms with Crippen LogP contribution in [0.25, 0.3) is 6.08 Å². The van der Waals surface area contributed by atoms with Crippen LogP contribution in [0, 0.1) is 0 Å². The third-order valence-electron chi connectivity index (χ3n) is 4.18. The summed E-state index contributed by atoms with van der Waals surface area (Å²) in [5.41, 5.74) is 5.23. The maximum atomic E-state index is 3.68. The molecule has 3 heteroatoms. The summed E-state index contributed by atoms with van der Waals surface area (Å²) in [6.45, 7) is 11.6. The fourth-order valence-electron chi connectivity index (χ4n) is 2.79. The van der Waals surface area contributed by atoms with Crippen molar-refractivity contribution in [3.05, 3.63) is 39.4 Å². The Bertz CT molecular complexity index is 516. The minimum atomic E-state index is -0.635. The van der Waals surface area contributed by atoms with Crippen molar-refractivity contribution in [1.29, 1.82) is 0 Å². The van der Waals surface area contributed by atoms with E-state index >= 15 is 0 Å². The number of benzene rings is 1. The van der Waals surface area contributed by atoms with Crippen molar-refractivity contribution in [3.8, 4) is 0 Å². The van der Waals surface area contributed by atoms with Crippen molar-refractivity contribution in [3.63, 3.8) is 0 Å². The molecule has 1 unspecified atom stereocenters. The second-order valence-corrected chi connectivity index (χ2v) is 9.82. The Kier molecular flexibility index (Phi) is 4.10. The lowest BCUT2D eigenvalue weighted by Crippen LogP contribution is -2.49. The van der Waals surface area contributed by atoms with Gasteiger partial charge in [0.05, 0.1) is 0 Å². The topological polar surface area (TPSA) is 3.24 Å². The molecule has 19 heavy (non-hydrogen) atoms. The first-order valence-corrected chi connectivity index (χ1v) is 9.59. The Balaban J connectivity index is 2.39. The van der Waals surface area contributed by atoms with Crippen LogP contribution in [0.2, 0.25) is 6.55 Å². The fourth-order valence-corrected chi connectivity index (χ4v) is 6.18. The van der Waals surface area contributed by atoms with Gasteiger partial charge in [0.25, 0.3) is 0 Å². The first kappa shape index (κ1) is 15.0. The third-order valence-corrected chi connectivity index (χ3v) is 8.20. The van der Waals surface area contributed by atoms with Crippen LogP contribution in [-0.4, -0.2) is 26.1 Å². The highest BCUT2D eigenvalue weighted by Gasteiger charge is 2.35. The maximum Gasteiger partial charge on any atom is 0.145 e. The lowest BCUT2D eigenvalue weighted by atomic mass is 10.1. The molecule has 0 saturated carbocycles. The lowest BCUT2D eigenvalue weighted by molar-refractivity contribution is 0.289. The summed E-state index contributed by atoms with van der Waals surface area (Å²) in [7, 11) is 1.64. The summed E-state index contributed by atoms with van der Waals surface area (Å²) < 4.78 is 3.80. The molecule has 1 aromatic carbocycles. The standard InChI is InChI=1S/C16H23BrNSi/c1-11-10-13-12(8-7-9-14(13)17)15(11)19(6)18(5)16(2,3)4/h7-10,15H,1-6H3. The van der Waals surface area contributed by atoms with E-state index in [9.17, 15) is 0 Å². The van der Waals surface area contributed by atoms with Crippen molar-refractivity contribution >= 4 is 31.0 Å². The van der Waals surface area contributed by atoms with Crippen LogP contribution in [-0.2, 0) is 0 Å². The quantitative estimate of drug-likeness (QED) is 0.698. The first-order valence-electron chi connectivity index (χ1n) is 6.77. The Morgan fingerprint density at radius 1 is 1.26 bits per heavy atom. The normalized spacial score (nSPS) is 19.0. The molecule has 103 valence electrons. The maximum absolute atomic E-state index is 3.68. The predicted molar refractivity (Wildman–Crippen MR) is 89.7 cm³/mol. The minimum Gasteiger partial charge on any atom is -0.322 e. The molecule has 1 aromatic rings. The van der Waals surface area contributed by atoms with Crippen LogP contribution in [0.15, 0.2) is 28.2 Å². The van der Waals surface area contributed by atoms with E-state index in [1.165, 1.54) is 21.2 Å².